The van der Waals surface area contributed by atoms with Crippen molar-refractivity contribution >= 4 is 44.7 Å². The second-order valence-electron chi connectivity index (χ2n) is 7.95. The van der Waals surface area contributed by atoms with E-state index < -0.39 is 16.1 Å². The van der Waals surface area contributed by atoms with E-state index in [1.54, 1.807) is 18.2 Å². The summed E-state index contributed by atoms with van der Waals surface area (Å²) in [7, 11) is -3.70. The van der Waals surface area contributed by atoms with Crippen LogP contribution in [0.15, 0.2) is 23.1 Å². The molecule has 1 aromatic carbocycles. The molecule has 2 aliphatic rings. The standard InChI is InChI=1S/C18H24N6O4S2/c1-12(2)10-14-17(25)24(18(26)19-14)11-22-6-8-23(9-7-22)30(27,28)15-5-3-4-13-16(15)21-29-20-13/h3-5,12,14H,6-11H2,1-2H3,(H,19,26). The minimum absolute atomic E-state index is 0.160. The fraction of sp³-hybridized carbons (Fsp3) is 0.556. The van der Waals surface area contributed by atoms with Crippen LogP contribution in [0.5, 0.6) is 0 Å². The maximum atomic E-state index is 13.1. The van der Waals surface area contributed by atoms with Gasteiger partial charge in [0, 0.05) is 26.2 Å². The van der Waals surface area contributed by atoms with Gasteiger partial charge >= 0.3 is 6.03 Å². The van der Waals surface area contributed by atoms with Crippen LogP contribution in [0.4, 0.5) is 4.79 Å². The zero-order valence-corrected chi connectivity index (χ0v) is 18.4. The van der Waals surface area contributed by atoms with Gasteiger partial charge in [-0.25, -0.2) is 18.1 Å². The molecule has 3 heterocycles. The van der Waals surface area contributed by atoms with Gasteiger partial charge in [0.1, 0.15) is 22.0 Å². The Bertz CT molecular complexity index is 1060. The first-order valence-electron chi connectivity index (χ1n) is 9.83. The molecule has 1 aromatic heterocycles. The molecule has 0 spiro atoms. The van der Waals surface area contributed by atoms with Crippen LogP contribution in [0.25, 0.3) is 11.0 Å². The number of rotatable bonds is 6. The Morgan fingerprint density at radius 1 is 1.17 bits per heavy atom. The molecule has 0 aliphatic carbocycles. The van der Waals surface area contributed by atoms with Crippen molar-refractivity contribution in [3.8, 4) is 0 Å². The molecule has 2 aromatic rings. The zero-order valence-electron chi connectivity index (χ0n) is 16.8. The Morgan fingerprint density at radius 2 is 1.90 bits per heavy atom. The Hall–Kier alpha value is -2.15. The average Bonchev–Trinajstić information content (AvgIpc) is 3.28. The Morgan fingerprint density at radius 3 is 2.60 bits per heavy atom. The summed E-state index contributed by atoms with van der Waals surface area (Å²) < 4.78 is 35.9. The molecular weight excluding hydrogens is 428 g/mol. The number of aromatic nitrogens is 2. The number of imide groups is 1. The van der Waals surface area contributed by atoms with Gasteiger partial charge in [0.25, 0.3) is 5.91 Å². The van der Waals surface area contributed by atoms with Crippen molar-refractivity contribution in [1.29, 1.82) is 0 Å². The number of carbonyl (C=O) groups is 2. The fourth-order valence-corrected chi connectivity index (χ4v) is 5.96. The van der Waals surface area contributed by atoms with Crippen molar-refractivity contribution in [2.75, 3.05) is 32.8 Å². The molecule has 10 nitrogen and oxygen atoms in total. The number of sulfonamides is 1. The maximum Gasteiger partial charge on any atom is 0.325 e. The molecular formula is C18H24N6O4S2. The Balaban J connectivity index is 1.40. The maximum absolute atomic E-state index is 13.1. The first-order valence-corrected chi connectivity index (χ1v) is 12.0. The van der Waals surface area contributed by atoms with E-state index in [0.717, 1.165) is 11.7 Å². The normalized spacial score (nSPS) is 21.7. The van der Waals surface area contributed by atoms with Gasteiger partial charge in [-0.2, -0.15) is 13.1 Å². The van der Waals surface area contributed by atoms with Gasteiger partial charge in [0.2, 0.25) is 10.0 Å². The molecule has 1 unspecified atom stereocenters. The van der Waals surface area contributed by atoms with E-state index in [0.29, 0.717) is 36.5 Å². The zero-order chi connectivity index (χ0) is 21.5. The van der Waals surface area contributed by atoms with Gasteiger partial charge in [-0.05, 0) is 24.5 Å². The van der Waals surface area contributed by atoms with Gasteiger partial charge < -0.3 is 5.32 Å². The van der Waals surface area contributed by atoms with E-state index in [-0.39, 0.29) is 36.6 Å². The minimum Gasteiger partial charge on any atom is -0.326 e. The SMILES string of the molecule is CC(C)CC1NC(=O)N(CN2CCN(S(=O)(=O)c3cccc4nsnc34)CC2)C1=O. The third-order valence-corrected chi connectivity index (χ3v) is 7.83. The lowest BCUT2D eigenvalue weighted by molar-refractivity contribution is -0.129. The second-order valence-corrected chi connectivity index (χ2v) is 10.4. The molecule has 0 bridgehead atoms. The van der Waals surface area contributed by atoms with Crippen LogP contribution in [-0.4, -0.2) is 82.1 Å². The van der Waals surface area contributed by atoms with E-state index in [2.05, 4.69) is 14.1 Å². The summed E-state index contributed by atoms with van der Waals surface area (Å²) >= 11 is 0.985. The van der Waals surface area contributed by atoms with E-state index in [1.165, 1.54) is 9.21 Å². The highest BCUT2D eigenvalue weighted by atomic mass is 32.2. The van der Waals surface area contributed by atoms with Crippen LogP contribution in [-0.2, 0) is 14.8 Å². The summed E-state index contributed by atoms with van der Waals surface area (Å²) in [5, 5.41) is 2.74. The van der Waals surface area contributed by atoms with Gasteiger partial charge in [-0.3, -0.25) is 9.69 Å². The van der Waals surface area contributed by atoms with Gasteiger partial charge in [-0.15, -0.1) is 0 Å². The van der Waals surface area contributed by atoms with Crippen molar-refractivity contribution in [3.05, 3.63) is 18.2 Å². The number of fused-ring (bicyclic) bond motifs is 1. The highest BCUT2D eigenvalue weighted by Crippen LogP contribution is 2.25. The monoisotopic (exact) mass is 452 g/mol. The average molecular weight is 453 g/mol. The van der Waals surface area contributed by atoms with Crippen LogP contribution in [0.3, 0.4) is 0 Å². The summed E-state index contributed by atoms with van der Waals surface area (Å²) in [6.45, 7) is 5.57. The molecule has 2 fully saturated rings. The second kappa shape index (κ2) is 8.17. The molecule has 4 rings (SSSR count). The minimum atomic E-state index is -3.70. The molecule has 162 valence electrons. The molecule has 30 heavy (non-hydrogen) atoms. The molecule has 2 aliphatic heterocycles. The van der Waals surface area contributed by atoms with Crippen LogP contribution in [0.1, 0.15) is 20.3 Å². The number of carbonyl (C=O) groups excluding carboxylic acids is 2. The van der Waals surface area contributed by atoms with E-state index >= 15 is 0 Å². The van der Waals surface area contributed by atoms with Crippen LogP contribution < -0.4 is 5.32 Å². The van der Waals surface area contributed by atoms with Gasteiger partial charge in [-0.1, -0.05) is 19.9 Å². The number of nitrogens with zero attached hydrogens (tertiary/aromatic N) is 5. The Labute approximate surface area is 179 Å². The van der Waals surface area contributed by atoms with E-state index in [1.807, 2.05) is 18.7 Å². The number of amides is 3. The van der Waals surface area contributed by atoms with Crippen LogP contribution in [0, 0.1) is 5.92 Å². The van der Waals surface area contributed by atoms with Crippen molar-refractivity contribution < 1.29 is 18.0 Å². The predicted molar refractivity (Wildman–Crippen MR) is 111 cm³/mol. The predicted octanol–water partition coefficient (Wildman–Crippen LogP) is 0.922. The van der Waals surface area contributed by atoms with E-state index in [4.69, 9.17) is 0 Å². The fourth-order valence-electron chi connectivity index (χ4n) is 3.78. The molecule has 0 saturated carbocycles. The molecule has 1 N–H and O–H groups in total. The highest BCUT2D eigenvalue weighted by Gasteiger charge is 2.39. The third kappa shape index (κ3) is 3.92. The van der Waals surface area contributed by atoms with Crippen LogP contribution in [0.2, 0.25) is 0 Å². The van der Waals surface area contributed by atoms with Crippen molar-refractivity contribution in [1.82, 2.24) is 28.2 Å². The van der Waals surface area contributed by atoms with Crippen LogP contribution >= 0.6 is 11.7 Å². The molecule has 0 radical (unpaired) electrons. The molecule has 12 heteroatoms. The molecule has 1 atom stereocenters. The smallest absolute Gasteiger partial charge is 0.325 e. The number of hydrogen-bond acceptors (Lipinski definition) is 8. The first kappa shape index (κ1) is 21.1. The summed E-state index contributed by atoms with van der Waals surface area (Å²) in [6, 6.07) is 4.08. The lowest BCUT2D eigenvalue weighted by atomic mass is 10.0. The summed E-state index contributed by atoms with van der Waals surface area (Å²) in [5.41, 5.74) is 0.953. The summed E-state index contributed by atoms with van der Waals surface area (Å²) in [5.74, 6) is 0.0804. The summed E-state index contributed by atoms with van der Waals surface area (Å²) in [6.07, 6.45) is 0.601. The summed E-state index contributed by atoms with van der Waals surface area (Å²) in [4.78, 5) is 28.0. The molecule has 2 saturated heterocycles. The number of benzene rings is 1. The topological polar surface area (TPSA) is 116 Å². The number of piperazine rings is 1. The third-order valence-electron chi connectivity index (χ3n) is 5.35. The van der Waals surface area contributed by atoms with E-state index in [9.17, 15) is 18.0 Å². The molecule has 3 amide bonds. The highest BCUT2D eigenvalue weighted by molar-refractivity contribution is 7.89. The van der Waals surface area contributed by atoms with Crippen molar-refractivity contribution in [3.63, 3.8) is 0 Å². The largest absolute Gasteiger partial charge is 0.326 e. The lowest BCUT2D eigenvalue weighted by Gasteiger charge is -2.35. The first-order chi connectivity index (χ1) is 14.3. The van der Waals surface area contributed by atoms with Crippen molar-refractivity contribution in [2.24, 2.45) is 5.92 Å². The number of nitrogens with one attached hydrogen (secondary N) is 1. The Kier molecular flexibility index (Phi) is 5.75. The van der Waals surface area contributed by atoms with Gasteiger partial charge in [0.15, 0.2) is 0 Å². The van der Waals surface area contributed by atoms with Crippen molar-refractivity contribution in [2.45, 2.75) is 31.2 Å². The quantitative estimate of drug-likeness (QED) is 0.648. The number of urea groups is 1. The number of hydrogen-bond donors (Lipinski definition) is 1. The lowest BCUT2D eigenvalue weighted by Crippen LogP contribution is -2.52. The van der Waals surface area contributed by atoms with Gasteiger partial charge in [0.05, 0.1) is 18.4 Å².